The predicted molar refractivity (Wildman–Crippen MR) is 76.7 cm³/mol. The molecule has 19 heavy (non-hydrogen) atoms. The number of carbonyl (C=O) groups is 1. The van der Waals surface area contributed by atoms with Crippen LogP contribution in [0.4, 0.5) is 5.69 Å². The van der Waals surface area contributed by atoms with E-state index in [1.54, 1.807) is 0 Å². The van der Waals surface area contributed by atoms with Gasteiger partial charge in [-0.15, -0.1) is 0 Å². The number of hydrogen-bond acceptors (Lipinski definition) is 4. The van der Waals surface area contributed by atoms with Gasteiger partial charge in [-0.2, -0.15) is 0 Å². The number of nitrogens with one attached hydrogen (secondary N) is 1. The van der Waals surface area contributed by atoms with E-state index >= 15 is 0 Å². The van der Waals surface area contributed by atoms with Gasteiger partial charge in [-0.3, -0.25) is 0 Å². The molecule has 1 aromatic carbocycles. The molecule has 4 nitrogen and oxygen atoms in total. The van der Waals surface area contributed by atoms with Gasteiger partial charge in [-0.1, -0.05) is 19.1 Å². The Hall–Kier alpha value is -1.55. The minimum absolute atomic E-state index is 0.263. The number of piperidine rings is 1. The molecule has 1 atom stereocenters. The zero-order valence-electron chi connectivity index (χ0n) is 11.7. The van der Waals surface area contributed by atoms with Crippen molar-refractivity contribution in [2.24, 2.45) is 0 Å². The number of ether oxygens (including phenoxy) is 1. The summed E-state index contributed by atoms with van der Waals surface area (Å²) in [5.74, 6) is -0.263. The topological polar surface area (TPSA) is 41.6 Å². The second-order valence-corrected chi connectivity index (χ2v) is 4.85. The molecule has 0 bridgehead atoms. The number of hydrogen-bond donors (Lipinski definition) is 1. The molecule has 2 rings (SSSR count). The largest absolute Gasteiger partial charge is 0.465 e. The van der Waals surface area contributed by atoms with Crippen LogP contribution in [0.1, 0.15) is 30.1 Å². The Bertz CT molecular complexity index is 432. The van der Waals surface area contributed by atoms with Gasteiger partial charge in [0.15, 0.2) is 0 Å². The molecule has 4 heteroatoms. The maximum atomic E-state index is 11.8. The number of likely N-dealkylation sites (N-methyl/N-ethyl adjacent to an activating group) is 1. The molecular formula is C15H22N2O2. The number of carbonyl (C=O) groups excluding carboxylic acids is 1. The van der Waals surface area contributed by atoms with E-state index in [0.717, 1.165) is 31.7 Å². The Morgan fingerprint density at radius 1 is 1.47 bits per heavy atom. The SMILES string of the molecule is CCNC1CCCN(c2ccccc2C(=O)OC)C1. The number of nitrogens with zero attached hydrogens (tertiary/aromatic N) is 1. The van der Waals surface area contributed by atoms with Crippen LogP contribution in [0.15, 0.2) is 24.3 Å². The average Bonchev–Trinajstić information content (AvgIpc) is 2.47. The Morgan fingerprint density at radius 3 is 3.00 bits per heavy atom. The summed E-state index contributed by atoms with van der Waals surface area (Å²) in [6, 6.07) is 8.18. The van der Waals surface area contributed by atoms with Crippen LogP contribution in [0.25, 0.3) is 0 Å². The lowest BCUT2D eigenvalue weighted by Gasteiger charge is -2.35. The fraction of sp³-hybridized carbons (Fsp3) is 0.533. The lowest BCUT2D eigenvalue weighted by molar-refractivity contribution is 0.0601. The van der Waals surface area contributed by atoms with Crippen molar-refractivity contribution in [3.8, 4) is 0 Å². The molecular weight excluding hydrogens is 240 g/mol. The smallest absolute Gasteiger partial charge is 0.339 e. The van der Waals surface area contributed by atoms with E-state index in [-0.39, 0.29) is 5.97 Å². The maximum Gasteiger partial charge on any atom is 0.339 e. The molecule has 0 radical (unpaired) electrons. The van der Waals surface area contributed by atoms with E-state index in [1.165, 1.54) is 13.5 Å². The highest BCUT2D eigenvalue weighted by molar-refractivity contribution is 5.95. The van der Waals surface area contributed by atoms with E-state index in [0.29, 0.717) is 11.6 Å². The van der Waals surface area contributed by atoms with Gasteiger partial charge in [0.1, 0.15) is 0 Å². The third-order valence-corrected chi connectivity index (χ3v) is 3.56. The number of anilines is 1. The quantitative estimate of drug-likeness (QED) is 0.843. The minimum atomic E-state index is -0.263. The molecule has 1 heterocycles. The highest BCUT2D eigenvalue weighted by atomic mass is 16.5. The first-order valence-electron chi connectivity index (χ1n) is 6.92. The lowest BCUT2D eigenvalue weighted by Crippen LogP contribution is -2.46. The molecule has 0 spiro atoms. The summed E-state index contributed by atoms with van der Waals surface area (Å²) < 4.78 is 4.86. The van der Waals surface area contributed by atoms with Gasteiger partial charge >= 0.3 is 5.97 Å². The van der Waals surface area contributed by atoms with E-state index in [2.05, 4.69) is 17.1 Å². The predicted octanol–water partition coefficient (Wildman–Crippen LogP) is 2.05. The van der Waals surface area contributed by atoms with E-state index in [4.69, 9.17) is 4.74 Å². The fourth-order valence-corrected chi connectivity index (χ4v) is 2.68. The molecule has 0 aromatic heterocycles. The van der Waals surface area contributed by atoms with Crippen LogP contribution in [0.3, 0.4) is 0 Å². The van der Waals surface area contributed by atoms with Crippen LogP contribution >= 0.6 is 0 Å². The lowest BCUT2D eigenvalue weighted by atomic mass is 10.0. The highest BCUT2D eigenvalue weighted by Gasteiger charge is 2.22. The molecule has 1 unspecified atom stereocenters. The van der Waals surface area contributed by atoms with Crippen LogP contribution in [-0.4, -0.2) is 38.8 Å². The van der Waals surface area contributed by atoms with Crippen molar-refractivity contribution in [1.29, 1.82) is 0 Å². The second kappa shape index (κ2) is 6.57. The maximum absolute atomic E-state index is 11.8. The van der Waals surface area contributed by atoms with E-state index < -0.39 is 0 Å². The number of esters is 1. The van der Waals surface area contributed by atoms with Crippen LogP contribution in [-0.2, 0) is 4.74 Å². The highest BCUT2D eigenvalue weighted by Crippen LogP contribution is 2.24. The fourth-order valence-electron chi connectivity index (χ4n) is 2.68. The first kappa shape index (κ1) is 13.9. The molecule has 0 saturated carbocycles. The summed E-state index contributed by atoms with van der Waals surface area (Å²) in [5, 5.41) is 3.49. The van der Waals surface area contributed by atoms with Gasteiger partial charge in [0, 0.05) is 19.1 Å². The first-order chi connectivity index (χ1) is 9.26. The molecule has 1 aliphatic rings. The normalized spacial score (nSPS) is 19.3. The summed E-state index contributed by atoms with van der Waals surface area (Å²) >= 11 is 0. The van der Waals surface area contributed by atoms with Crippen molar-refractivity contribution in [2.75, 3.05) is 31.6 Å². The third-order valence-electron chi connectivity index (χ3n) is 3.56. The first-order valence-corrected chi connectivity index (χ1v) is 6.92. The summed E-state index contributed by atoms with van der Waals surface area (Å²) in [6.45, 7) is 5.05. The summed E-state index contributed by atoms with van der Waals surface area (Å²) in [5.41, 5.74) is 1.64. The van der Waals surface area contributed by atoms with Gasteiger partial charge < -0.3 is 15.0 Å². The van der Waals surface area contributed by atoms with Gasteiger partial charge in [0.25, 0.3) is 0 Å². The van der Waals surface area contributed by atoms with Crippen LogP contribution in [0.5, 0.6) is 0 Å². The van der Waals surface area contributed by atoms with Crippen molar-refractivity contribution in [3.05, 3.63) is 29.8 Å². The second-order valence-electron chi connectivity index (χ2n) is 4.85. The molecule has 1 saturated heterocycles. The summed E-state index contributed by atoms with van der Waals surface area (Å²) in [7, 11) is 1.43. The molecule has 1 aliphatic heterocycles. The Kier molecular flexibility index (Phi) is 4.80. The van der Waals surface area contributed by atoms with Crippen LogP contribution < -0.4 is 10.2 Å². The van der Waals surface area contributed by atoms with Gasteiger partial charge in [0.05, 0.1) is 18.4 Å². The van der Waals surface area contributed by atoms with Gasteiger partial charge in [-0.05, 0) is 31.5 Å². The minimum Gasteiger partial charge on any atom is -0.465 e. The number of benzene rings is 1. The standard InChI is InChI=1S/C15H22N2O2/c1-3-16-12-7-6-10-17(11-12)14-9-5-4-8-13(14)15(18)19-2/h4-5,8-9,12,16H,3,6-7,10-11H2,1-2H3. The van der Waals surface area contributed by atoms with Crippen molar-refractivity contribution < 1.29 is 9.53 Å². The van der Waals surface area contributed by atoms with Crippen LogP contribution in [0.2, 0.25) is 0 Å². The average molecular weight is 262 g/mol. The van der Waals surface area contributed by atoms with Crippen molar-refractivity contribution >= 4 is 11.7 Å². The molecule has 1 N–H and O–H groups in total. The number of methoxy groups -OCH3 is 1. The summed E-state index contributed by atoms with van der Waals surface area (Å²) in [4.78, 5) is 14.1. The third kappa shape index (κ3) is 3.26. The Balaban J connectivity index is 2.19. The van der Waals surface area contributed by atoms with Gasteiger partial charge in [-0.25, -0.2) is 4.79 Å². The Labute approximate surface area is 114 Å². The van der Waals surface area contributed by atoms with E-state index in [1.807, 2.05) is 24.3 Å². The van der Waals surface area contributed by atoms with Crippen LogP contribution in [0, 0.1) is 0 Å². The van der Waals surface area contributed by atoms with Crippen molar-refractivity contribution in [3.63, 3.8) is 0 Å². The van der Waals surface area contributed by atoms with E-state index in [9.17, 15) is 4.79 Å². The zero-order valence-corrected chi connectivity index (χ0v) is 11.7. The van der Waals surface area contributed by atoms with Gasteiger partial charge in [0.2, 0.25) is 0 Å². The number of para-hydroxylation sites is 1. The Morgan fingerprint density at radius 2 is 2.26 bits per heavy atom. The van der Waals surface area contributed by atoms with Crippen molar-refractivity contribution in [2.45, 2.75) is 25.8 Å². The molecule has 0 aliphatic carbocycles. The molecule has 0 amide bonds. The molecule has 1 fully saturated rings. The monoisotopic (exact) mass is 262 g/mol. The number of rotatable bonds is 4. The molecule has 1 aromatic rings. The van der Waals surface area contributed by atoms with Crippen molar-refractivity contribution in [1.82, 2.24) is 5.32 Å². The zero-order chi connectivity index (χ0) is 13.7. The summed E-state index contributed by atoms with van der Waals surface area (Å²) in [6.07, 6.45) is 2.35. The molecule has 104 valence electrons.